The monoisotopic (exact) mass is 336 g/mol. The van der Waals surface area contributed by atoms with Gasteiger partial charge in [-0.3, -0.25) is 0 Å². The van der Waals surface area contributed by atoms with Crippen LogP contribution in [0.1, 0.15) is 52.5 Å². The van der Waals surface area contributed by atoms with Crippen LogP contribution in [0.25, 0.3) is 0 Å². The van der Waals surface area contributed by atoms with Crippen LogP contribution in [0.4, 0.5) is 0 Å². The third kappa shape index (κ3) is 4.56. The Morgan fingerprint density at radius 1 is 1.17 bits per heavy atom. The minimum absolute atomic E-state index is 0.253. The lowest BCUT2D eigenvalue weighted by molar-refractivity contribution is 0.190. The number of sulfonamides is 1. The van der Waals surface area contributed by atoms with Gasteiger partial charge in [0, 0.05) is 5.71 Å². The molecule has 128 valence electrons. The third-order valence-corrected chi connectivity index (χ3v) is 6.05. The van der Waals surface area contributed by atoms with Crippen molar-refractivity contribution >= 4 is 15.7 Å². The van der Waals surface area contributed by atoms with Gasteiger partial charge in [-0.25, -0.2) is 4.83 Å². The summed E-state index contributed by atoms with van der Waals surface area (Å²) in [5, 5.41) is 4.23. The largest absolute Gasteiger partial charge is 0.276 e. The topological polar surface area (TPSA) is 58.5 Å². The van der Waals surface area contributed by atoms with Crippen LogP contribution in [-0.2, 0) is 10.0 Å². The summed E-state index contributed by atoms with van der Waals surface area (Å²) in [5.41, 5.74) is 2.28. The molecule has 23 heavy (non-hydrogen) atoms. The van der Waals surface area contributed by atoms with Gasteiger partial charge in [-0.05, 0) is 55.6 Å². The average Bonchev–Trinajstić information content (AvgIpc) is 2.45. The smallest absolute Gasteiger partial charge is 0.200 e. The van der Waals surface area contributed by atoms with Crippen molar-refractivity contribution < 1.29 is 8.42 Å². The Balaban J connectivity index is 2.07. The molecule has 1 fully saturated rings. The highest BCUT2D eigenvalue weighted by Gasteiger charge is 2.32. The van der Waals surface area contributed by atoms with Crippen molar-refractivity contribution in [2.45, 2.75) is 58.8 Å². The SMILES string of the molecule is Cc1ccc(S(=O)(=O)NN=C2CC[C@H](C(C)(C)C)C[C@@H]2C)cc1. The fraction of sp³-hybridized carbons (Fsp3) is 0.611. The molecule has 2 atom stereocenters. The number of rotatable bonds is 3. The summed E-state index contributed by atoms with van der Waals surface area (Å²) >= 11 is 0. The lowest BCUT2D eigenvalue weighted by atomic mass is 9.69. The van der Waals surface area contributed by atoms with Gasteiger partial charge in [0.2, 0.25) is 0 Å². The normalized spacial score (nSPS) is 24.7. The second-order valence-corrected chi connectivity index (χ2v) is 9.41. The maximum atomic E-state index is 12.3. The van der Waals surface area contributed by atoms with Gasteiger partial charge < -0.3 is 0 Å². The molecule has 4 nitrogen and oxygen atoms in total. The first-order chi connectivity index (χ1) is 10.6. The van der Waals surface area contributed by atoms with E-state index in [-0.39, 0.29) is 4.90 Å². The molecule has 0 radical (unpaired) electrons. The zero-order valence-electron chi connectivity index (χ0n) is 14.8. The van der Waals surface area contributed by atoms with E-state index in [9.17, 15) is 8.42 Å². The molecule has 0 amide bonds. The first kappa shape index (κ1) is 18.0. The summed E-state index contributed by atoms with van der Waals surface area (Å²) in [6, 6.07) is 6.80. The molecule has 0 spiro atoms. The fourth-order valence-electron chi connectivity index (χ4n) is 3.09. The van der Waals surface area contributed by atoms with Crippen LogP contribution in [0.2, 0.25) is 0 Å². The van der Waals surface area contributed by atoms with E-state index < -0.39 is 10.0 Å². The van der Waals surface area contributed by atoms with Crippen LogP contribution in [0.15, 0.2) is 34.3 Å². The molecule has 1 aromatic carbocycles. The van der Waals surface area contributed by atoms with Crippen molar-refractivity contribution in [1.82, 2.24) is 4.83 Å². The lowest BCUT2D eigenvalue weighted by Gasteiger charge is -2.37. The van der Waals surface area contributed by atoms with Gasteiger partial charge in [0.05, 0.1) is 4.90 Å². The van der Waals surface area contributed by atoms with Gasteiger partial charge in [0.25, 0.3) is 10.0 Å². The van der Waals surface area contributed by atoms with E-state index in [2.05, 4.69) is 37.6 Å². The van der Waals surface area contributed by atoms with Gasteiger partial charge in [-0.15, -0.1) is 0 Å². The second-order valence-electron chi connectivity index (χ2n) is 7.75. The Hall–Kier alpha value is -1.36. The molecule has 5 heteroatoms. The molecule has 0 saturated heterocycles. The third-order valence-electron chi connectivity index (χ3n) is 4.82. The molecule has 0 aliphatic heterocycles. The molecular weight excluding hydrogens is 308 g/mol. The Bertz CT molecular complexity index is 670. The molecule has 1 aliphatic carbocycles. The number of aryl methyl sites for hydroxylation is 1. The van der Waals surface area contributed by atoms with Crippen LogP contribution in [-0.4, -0.2) is 14.1 Å². The van der Waals surface area contributed by atoms with Gasteiger partial charge in [-0.2, -0.15) is 13.5 Å². The van der Waals surface area contributed by atoms with Crippen LogP contribution in [0, 0.1) is 24.2 Å². The second kappa shape index (κ2) is 6.63. The number of nitrogens with one attached hydrogen (secondary N) is 1. The first-order valence-electron chi connectivity index (χ1n) is 8.24. The van der Waals surface area contributed by atoms with Gasteiger partial charge in [0.15, 0.2) is 0 Å². The van der Waals surface area contributed by atoms with E-state index in [1.165, 1.54) is 0 Å². The van der Waals surface area contributed by atoms with Crippen molar-refractivity contribution in [2.75, 3.05) is 0 Å². The van der Waals surface area contributed by atoms with E-state index in [1.54, 1.807) is 24.3 Å². The first-order valence-corrected chi connectivity index (χ1v) is 9.73. The number of benzene rings is 1. The predicted molar refractivity (Wildman–Crippen MR) is 94.9 cm³/mol. The molecule has 1 saturated carbocycles. The Morgan fingerprint density at radius 3 is 2.30 bits per heavy atom. The van der Waals surface area contributed by atoms with E-state index >= 15 is 0 Å². The number of nitrogens with zero attached hydrogens (tertiary/aromatic N) is 1. The van der Waals surface area contributed by atoms with Crippen molar-refractivity contribution in [2.24, 2.45) is 22.4 Å². The van der Waals surface area contributed by atoms with Crippen molar-refractivity contribution in [3.8, 4) is 0 Å². The van der Waals surface area contributed by atoms with Crippen molar-refractivity contribution in [1.29, 1.82) is 0 Å². The standard InChI is InChI=1S/C18H28N2O2S/c1-13-6-9-16(10-7-13)23(21,22)20-19-17-11-8-15(12-14(17)2)18(3,4)5/h6-7,9-10,14-15,20H,8,11-12H2,1-5H3/t14-,15-/m0/s1. The number of hydrogen-bond donors (Lipinski definition) is 1. The maximum absolute atomic E-state index is 12.3. The highest BCUT2D eigenvalue weighted by atomic mass is 32.2. The summed E-state index contributed by atoms with van der Waals surface area (Å²) in [4.78, 5) is 2.66. The molecule has 0 aromatic heterocycles. The van der Waals surface area contributed by atoms with Crippen LogP contribution < -0.4 is 4.83 Å². The molecule has 1 aromatic rings. The van der Waals surface area contributed by atoms with Gasteiger partial charge in [-0.1, -0.05) is 45.4 Å². The minimum atomic E-state index is -3.58. The minimum Gasteiger partial charge on any atom is -0.200 e. The molecule has 0 unspecified atom stereocenters. The zero-order valence-corrected chi connectivity index (χ0v) is 15.6. The van der Waals surface area contributed by atoms with E-state index in [0.29, 0.717) is 17.3 Å². The predicted octanol–water partition coefficient (Wildman–Crippen LogP) is 4.11. The zero-order chi connectivity index (χ0) is 17.3. The van der Waals surface area contributed by atoms with Gasteiger partial charge in [0.1, 0.15) is 0 Å². The number of hydrazone groups is 1. The van der Waals surface area contributed by atoms with E-state index in [0.717, 1.165) is 30.5 Å². The van der Waals surface area contributed by atoms with E-state index in [4.69, 9.17) is 0 Å². The average molecular weight is 337 g/mol. The molecule has 0 heterocycles. The van der Waals surface area contributed by atoms with Gasteiger partial charge >= 0.3 is 0 Å². The summed E-state index contributed by atoms with van der Waals surface area (Å²) in [6.45, 7) is 10.9. The fourth-order valence-corrected chi connectivity index (χ4v) is 3.93. The quantitative estimate of drug-likeness (QED) is 0.844. The lowest BCUT2D eigenvalue weighted by Crippen LogP contribution is -2.32. The van der Waals surface area contributed by atoms with E-state index in [1.807, 2.05) is 6.92 Å². The molecule has 1 N–H and O–H groups in total. The summed E-state index contributed by atoms with van der Waals surface area (Å²) in [5.74, 6) is 0.971. The highest BCUT2D eigenvalue weighted by molar-refractivity contribution is 7.89. The Morgan fingerprint density at radius 2 is 1.78 bits per heavy atom. The summed E-state index contributed by atoms with van der Waals surface area (Å²) in [7, 11) is -3.58. The Kier molecular flexibility index (Phi) is 5.19. The van der Waals surface area contributed by atoms with Crippen LogP contribution in [0.3, 0.4) is 0 Å². The highest BCUT2D eigenvalue weighted by Crippen LogP contribution is 2.39. The molecule has 2 rings (SSSR count). The van der Waals surface area contributed by atoms with Crippen LogP contribution in [0.5, 0.6) is 0 Å². The molecule has 1 aliphatic rings. The molecule has 0 bridgehead atoms. The molecular formula is C18H28N2O2S. The summed E-state index contributed by atoms with van der Waals surface area (Å²) in [6.07, 6.45) is 2.99. The Labute approximate surface area is 140 Å². The summed E-state index contributed by atoms with van der Waals surface area (Å²) < 4.78 is 24.6. The van der Waals surface area contributed by atoms with Crippen LogP contribution >= 0.6 is 0 Å². The maximum Gasteiger partial charge on any atom is 0.276 e. The number of hydrogen-bond acceptors (Lipinski definition) is 3. The van der Waals surface area contributed by atoms with Crippen molar-refractivity contribution in [3.63, 3.8) is 0 Å². The van der Waals surface area contributed by atoms with Crippen molar-refractivity contribution in [3.05, 3.63) is 29.8 Å².